The van der Waals surface area contributed by atoms with Crippen molar-refractivity contribution in [3.05, 3.63) is 28.3 Å². The number of nitrogens with one attached hydrogen (secondary N) is 1. The minimum Gasteiger partial charge on any atom is -0.350 e. The topological polar surface area (TPSA) is 39.6 Å². The third-order valence-corrected chi connectivity index (χ3v) is 1.23. The highest BCUT2D eigenvalue weighted by Gasteiger charge is 1.97. The first-order chi connectivity index (χ1) is 4.74. The van der Waals surface area contributed by atoms with Gasteiger partial charge < -0.3 is 4.98 Å². The third kappa shape index (κ3) is 1.20. The summed E-state index contributed by atoms with van der Waals surface area (Å²) in [6, 6.07) is 2.96. The van der Waals surface area contributed by atoms with Crippen LogP contribution in [0.2, 0.25) is 0 Å². The highest BCUT2D eigenvalue weighted by molar-refractivity contribution is 7.71. The van der Waals surface area contributed by atoms with Crippen molar-refractivity contribution in [2.75, 3.05) is 0 Å². The van der Waals surface area contributed by atoms with Gasteiger partial charge in [0.25, 0.3) is 0 Å². The second-order valence-electron chi connectivity index (χ2n) is 1.67. The zero-order valence-corrected chi connectivity index (χ0v) is 5.70. The summed E-state index contributed by atoms with van der Waals surface area (Å²) in [6.07, 6.45) is 1.07. The molecule has 0 bridgehead atoms. The van der Waals surface area contributed by atoms with Crippen LogP contribution in [0.1, 0.15) is 5.56 Å². The molecule has 1 heterocycles. The molecule has 50 valence electrons. The molecule has 1 aromatic rings. The Morgan fingerprint density at radius 3 is 2.90 bits per heavy atom. The quantitative estimate of drug-likeness (QED) is 0.578. The number of nitriles is 1. The van der Waals surface area contributed by atoms with Crippen molar-refractivity contribution in [1.29, 1.82) is 5.26 Å². The number of nitrogens with zero attached hydrogens (tertiary/aromatic N) is 1. The van der Waals surface area contributed by atoms with Gasteiger partial charge >= 0.3 is 0 Å². The summed E-state index contributed by atoms with van der Waals surface area (Å²) in [4.78, 5) is 2.46. The van der Waals surface area contributed by atoms with E-state index in [0.717, 1.165) is 6.20 Å². The number of hydrogen-bond acceptors (Lipinski definition) is 2. The van der Waals surface area contributed by atoms with E-state index < -0.39 is 5.82 Å². The average Bonchev–Trinajstić information content (AvgIpc) is 1.94. The van der Waals surface area contributed by atoms with E-state index in [1.807, 2.05) is 0 Å². The van der Waals surface area contributed by atoms with Crippen LogP contribution in [-0.2, 0) is 0 Å². The molecule has 1 aromatic heterocycles. The Morgan fingerprint density at radius 2 is 2.40 bits per heavy atom. The molecule has 0 saturated carbocycles. The standard InChI is InChI=1S/C6H3FN2S/c7-5-3-9-6(10)1-4(5)2-8/h1,3H,(H,9,10). The van der Waals surface area contributed by atoms with Crippen LogP contribution in [0.25, 0.3) is 0 Å². The first-order valence-corrected chi connectivity index (χ1v) is 2.93. The Bertz CT molecular complexity index is 336. The van der Waals surface area contributed by atoms with Gasteiger partial charge in [-0.1, -0.05) is 12.2 Å². The Labute approximate surface area is 61.9 Å². The minimum atomic E-state index is -0.573. The van der Waals surface area contributed by atoms with Crippen LogP contribution in [0, 0.1) is 21.8 Å². The highest BCUT2D eigenvalue weighted by atomic mass is 32.1. The minimum absolute atomic E-state index is 0.0243. The van der Waals surface area contributed by atoms with E-state index in [2.05, 4.69) is 17.2 Å². The van der Waals surface area contributed by atoms with Crippen molar-refractivity contribution < 1.29 is 4.39 Å². The van der Waals surface area contributed by atoms with Gasteiger partial charge in [-0.2, -0.15) is 5.26 Å². The molecule has 0 unspecified atom stereocenters. The summed E-state index contributed by atoms with van der Waals surface area (Å²) in [6.45, 7) is 0. The predicted molar refractivity (Wildman–Crippen MR) is 36.3 cm³/mol. The molecule has 0 aromatic carbocycles. The maximum absolute atomic E-state index is 12.5. The van der Waals surface area contributed by atoms with Crippen LogP contribution in [0.5, 0.6) is 0 Å². The highest BCUT2D eigenvalue weighted by Crippen LogP contribution is 2.02. The van der Waals surface area contributed by atoms with Crippen LogP contribution in [0.3, 0.4) is 0 Å². The molecule has 0 fully saturated rings. The van der Waals surface area contributed by atoms with Gasteiger partial charge in [-0.3, -0.25) is 0 Å². The largest absolute Gasteiger partial charge is 0.350 e. The number of pyridine rings is 1. The molecule has 10 heavy (non-hydrogen) atoms. The summed E-state index contributed by atoms with van der Waals surface area (Å²) in [5.41, 5.74) is -0.0243. The molecule has 0 atom stereocenters. The van der Waals surface area contributed by atoms with Crippen molar-refractivity contribution in [3.63, 3.8) is 0 Å². The number of halogens is 1. The summed E-state index contributed by atoms with van der Waals surface area (Å²) in [5.74, 6) is -0.573. The molecule has 2 nitrogen and oxygen atoms in total. The van der Waals surface area contributed by atoms with Crippen molar-refractivity contribution in [2.45, 2.75) is 0 Å². The molecule has 0 aliphatic heterocycles. The van der Waals surface area contributed by atoms with Crippen molar-refractivity contribution in [2.24, 2.45) is 0 Å². The Morgan fingerprint density at radius 1 is 1.70 bits per heavy atom. The number of hydrogen-bond donors (Lipinski definition) is 1. The SMILES string of the molecule is N#Cc1cc(=S)[nH]cc1F. The number of aromatic amines is 1. The van der Waals surface area contributed by atoms with E-state index in [9.17, 15) is 4.39 Å². The lowest BCUT2D eigenvalue weighted by Crippen LogP contribution is -1.84. The van der Waals surface area contributed by atoms with Crippen LogP contribution in [0.4, 0.5) is 4.39 Å². The number of H-pyrrole nitrogens is 1. The monoisotopic (exact) mass is 154 g/mol. The number of aromatic nitrogens is 1. The van der Waals surface area contributed by atoms with Gasteiger partial charge in [0, 0.05) is 6.20 Å². The zero-order valence-electron chi connectivity index (χ0n) is 4.89. The molecule has 1 rings (SSSR count). The molecule has 1 N–H and O–H groups in total. The van der Waals surface area contributed by atoms with Crippen LogP contribution in [-0.4, -0.2) is 4.98 Å². The van der Waals surface area contributed by atoms with E-state index in [1.165, 1.54) is 6.07 Å². The molecule has 0 aliphatic carbocycles. The first kappa shape index (κ1) is 6.90. The average molecular weight is 154 g/mol. The Hall–Kier alpha value is -1.21. The normalized spacial score (nSPS) is 8.80. The van der Waals surface area contributed by atoms with Crippen molar-refractivity contribution in [1.82, 2.24) is 4.98 Å². The summed E-state index contributed by atoms with van der Waals surface area (Å²) >= 11 is 4.65. The van der Waals surface area contributed by atoms with Crippen molar-refractivity contribution >= 4 is 12.2 Å². The van der Waals surface area contributed by atoms with E-state index in [4.69, 9.17) is 5.26 Å². The Kier molecular flexibility index (Phi) is 1.78. The lowest BCUT2D eigenvalue weighted by Gasteiger charge is -1.89. The number of rotatable bonds is 0. The lowest BCUT2D eigenvalue weighted by molar-refractivity contribution is 0.617. The zero-order chi connectivity index (χ0) is 7.56. The van der Waals surface area contributed by atoms with E-state index in [-0.39, 0.29) is 5.56 Å². The maximum atomic E-state index is 12.5. The third-order valence-electron chi connectivity index (χ3n) is 0.994. The van der Waals surface area contributed by atoms with Gasteiger partial charge in [-0.05, 0) is 6.07 Å². The van der Waals surface area contributed by atoms with Gasteiger partial charge in [0.15, 0.2) is 5.82 Å². The maximum Gasteiger partial charge on any atom is 0.157 e. The fraction of sp³-hybridized carbons (Fsp3) is 0. The van der Waals surface area contributed by atoms with Crippen LogP contribution < -0.4 is 0 Å². The lowest BCUT2D eigenvalue weighted by atomic mass is 10.3. The first-order valence-electron chi connectivity index (χ1n) is 2.52. The summed E-state index contributed by atoms with van der Waals surface area (Å²) in [5, 5.41) is 8.29. The molecule has 0 aliphatic rings. The molecule has 0 saturated heterocycles. The van der Waals surface area contributed by atoms with Gasteiger partial charge in [0.2, 0.25) is 0 Å². The van der Waals surface area contributed by atoms with Crippen LogP contribution in [0.15, 0.2) is 12.3 Å². The van der Waals surface area contributed by atoms with E-state index in [1.54, 1.807) is 6.07 Å². The van der Waals surface area contributed by atoms with E-state index >= 15 is 0 Å². The van der Waals surface area contributed by atoms with Gasteiger partial charge in [-0.25, -0.2) is 4.39 Å². The Balaban J connectivity index is 3.40. The fourth-order valence-corrected chi connectivity index (χ4v) is 0.716. The molecule has 0 spiro atoms. The summed E-state index contributed by atoms with van der Waals surface area (Å²) in [7, 11) is 0. The molecule has 0 radical (unpaired) electrons. The molecular weight excluding hydrogens is 151 g/mol. The second-order valence-corrected chi connectivity index (χ2v) is 2.11. The van der Waals surface area contributed by atoms with Crippen LogP contribution >= 0.6 is 12.2 Å². The predicted octanol–water partition coefficient (Wildman–Crippen LogP) is 1.75. The van der Waals surface area contributed by atoms with Crippen molar-refractivity contribution in [3.8, 4) is 6.07 Å². The summed E-state index contributed by atoms with van der Waals surface area (Å²) < 4.78 is 12.8. The van der Waals surface area contributed by atoms with E-state index in [0.29, 0.717) is 4.64 Å². The molecule has 4 heteroatoms. The molecular formula is C6H3FN2S. The van der Waals surface area contributed by atoms with Gasteiger partial charge in [0.1, 0.15) is 10.7 Å². The van der Waals surface area contributed by atoms with Gasteiger partial charge in [-0.15, -0.1) is 0 Å². The second kappa shape index (κ2) is 2.58. The van der Waals surface area contributed by atoms with Gasteiger partial charge in [0.05, 0.1) is 5.56 Å². The fourth-order valence-electron chi connectivity index (χ4n) is 0.540. The smallest absolute Gasteiger partial charge is 0.157 e. The molecule has 0 amide bonds.